The van der Waals surface area contributed by atoms with E-state index in [9.17, 15) is 4.79 Å². The predicted octanol–water partition coefficient (Wildman–Crippen LogP) is 1.68. The fourth-order valence-electron chi connectivity index (χ4n) is 1.71. The largest absolute Gasteiger partial charge is 0.494 e. The van der Waals surface area contributed by atoms with Crippen LogP contribution in [0.4, 0.5) is 0 Å². The minimum atomic E-state index is -0.471. The molecule has 1 heterocycles. The highest BCUT2D eigenvalue weighted by Gasteiger charge is 2.23. The quantitative estimate of drug-likeness (QED) is 0.746. The van der Waals surface area contributed by atoms with Crippen LogP contribution in [0.2, 0.25) is 0 Å². The maximum Gasteiger partial charge on any atom is 0.193 e. The first-order chi connectivity index (χ1) is 8.31. The van der Waals surface area contributed by atoms with Crippen molar-refractivity contribution in [2.45, 2.75) is 13.0 Å². The van der Waals surface area contributed by atoms with E-state index in [-0.39, 0.29) is 5.78 Å². The summed E-state index contributed by atoms with van der Waals surface area (Å²) in [6.45, 7) is 3.92. The van der Waals surface area contributed by atoms with Crippen molar-refractivity contribution in [3.8, 4) is 5.75 Å². The van der Waals surface area contributed by atoms with Crippen molar-refractivity contribution in [2.24, 2.45) is 0 Å². The second kappa shape index (κ2) is 5.80. The van der Waals surface area contributed by atoms with Gasteiger partial charge in [-0.15, -0.1) is 0 Å². The van der Waals surface area contributed by atoms with E-state index in [0.717, 1.165) is 5.75 Å². The Morgan fingerprint density at radius 3 is 2.71 bits per heavy atom. The number of benzene rings is 1. The maximum atomic E-state index is 12.0. The van der Waals surface area contributed by atoms with E-state index in [1.54, 1.807) is 24.3 Å². The Morgan fingerprint density at radius 2 is 2.12 bits per heavy atom. The lowest BCUT2D eigenvalue weighted by Crippen LogP contribution is -2.35. The highest BCUT2D eigenvalue weighted by molar-refractivity contribution is 5.99. The Kier molecular flexibility index (Phi) is 4.12. The van der Waals surface area contributed by atoms with Crippen molar-refractivity contribution in [3.63, 3.8) is 0 Å². The van der Waals surface area contributed by atoms with Crippen molar-refractivity contribution < 1.29 is 19.0 Å². The predicted molar refractivity (Wildman–Crippen MR) is 62.5 cm³/mol. The van der Waals surface area contributed by atoms with Crippen molar-refractivity contribution in [1.29, 1.82) is 0 Å². The van der Waals surface area contributed by atoms with Crippen molar-refractivity contribution >= 4 is 5.78 Å². The molecule has 0 saturated carbocycles. The smallest absolute Gasteiger partial charge is 0.193 e. The molecule has 1 saturated heterocycles. The van der Waals surface area contributed by atoms with Gasteiger partial charge in [0.2, 0.25) is 0 Å². The van der Waals surface area contributed by atoms with Crippen LogP contribution < -0.4 is 4.74 Å². The summed E-state index contributed by atoms with van der Waals surface area (Å²) < 4.78 is 15.9. The number of Topliss-reactive ketones (excluding diaryl/α,β-unsaturated/α-hetero) is 1. The normalized spacial score (nSPS) is 19.9. The number of rotatable bonds is 4. The van der Waals surface area contributed by atoms with Crippen molar-refractivity contribution in [1.82, 2.24) is 0 Å². The van der Waals surface area contributed by atoms with E-state index in [1.165, 1.54) is 0 Å². The molecule has 0 aliphatic carbocycles. The Balaban J connectivity index is 2.03. The van der Waals surface area contributed by atoms with Crippen LogP contribution in [0.1, 0.15) is 17.3 Å². The average molecular weight is 236 g/mol. The first-order valence-electron chi connectivity index (χ1n) is 5.77. The molecule has 92 valence electrons. The third kappa shape index (κ3) is 3.05. The fourth-order valence-corrected chi connectivity index (χ4v) is 1.71. The van der Waals surface area contributed by atoms with Crippen LogP contribution >= 0.6 is 0 Å². The van der Waals surface area contributed by atoms with Gasteiger partial charge in [-0.2, -0.15) is 0 Å². The summed E-state index contributed by atoms with van der Waals surface area (Å²) in [5, 5.41) is 0. The summed E-state index contributed by atoms with van der Waals surface area (Å²) in [5.41, 5.74) is 0.629. The molecule has 0 spiro atoms. The summed E-state index contributed by atoms with van der Waals surface area (Å²) in [6.07, 6.45) is -0.471. The van der Waals surface area contributed by atoms with Gasteiger partial charge in [0.05, 0.1) is 26.4 Å². The number of ketones is 1. The van der Waals surface area contributed by atoms with E-state index < -0.39 is 6.10 Å². The van der Waals surface area contributed by atoms with Crippen LogP contribution in [0.15, 0.2) is 24.3 Å². The lowest BCUT2D eigenvalue weighted by molar-refractivity contribution is -0.0719. The zero-order valence-electron chi connectivity index (χ0n) is 9.85. The molecule has 1 atom stereocenters. The standard InChI is InChI=1S/C13H16O4/c1-2-16-11-5-3-10(4-6-11)13(14)12-9-15-7-8-17-12/h3-6,12H,2,7-9H2,1H3. The zero-order valence-corrected chi connectivity index (χ0v) is 9.85. The molecule has 0 aromatic heterocycles. The van der Waals surface area contributed by atoms with Gasteiger partial charge in [0, 0.05) is 5.56 Å². The number of ether oxygens (including phenoxy) is 3. The minimum absolute atomic E-state index is 0.0345. The average Bonchev–Trinajstić information content (AvgIpc) is 2.40. The second-order valence-electron chi connectivity index (χ2n) is 3.76. The molecular weight excluding hydrogens is 220 g/mol. The fraction of sp³-hybridized carbons (Fsp3) is 0.462. The summed E-state index contributed by atoms with van der Waals surface area (Å²) in [7, 11) is 0. The first kappa shape index (κ1) is 12.1. The molecule has 1 fully saturated rings. The molecule has 2 rings (SSSR count). The highest BCUT2D eigenvalue weighted by Crippen LogP contribution is 2.15. The van der Waals surface area contributed by atoms with Crippen LogP contribution in [-0.2, 0) is 9.47 Å². The van der Waals surface area contributed by atoms with Crippen LogP contribution in [0, 0.1) is 0 Å². The number of carbonyl (C=O) groups excluding carboxylic acids is 1. The van der Waals surface area contributed by atoms with Gasteiger partial charge in [0.1, 0.15) is 11.9 Å². The lowest BCUT2D eigenvalue weighted by Gasteiger charge is -2.21. The molecule has 4 nitrogen and oxygen atoms in total. The lowest BCUT2D eigenvalue weighted by atomic mass is 10.1. The molecule has 1 aliphatic heterocycles. The van der Waals surface area contributed by atoms with Gasteiger partial charge in [0.25, 0.3) is 0 Å². The molecule has 1 aromatic rings. The molecule has 1 aromatic carbocycles. The van der Waals surface area contributed by atoms with E-state index in [1.807, 2.05) is 6.92 Å². The Morgan fingerprint density at radius 1 is 1.35 bits per heavy atom. The molecule has 1 aliphatic rings. The van der Waals surface area contributed by atoms with Gasteiger partial charge in [0.15, 0.2) is 5.78 Å². The van der Waals surface area contributed by atoms with Crippen LogP contribution in [0.3, 0.4) is 0 Å². The maximum absolute atomic E-state index is 12.0. The molecule has 0 amide bonds. The summed E-state index contributed by atoms with van der Waals surface area (Å²) in [4.78, 5) is 12.0. The van der Waals surface area contributed by atoms with E-state index >= 15 is 0 Å². The second-order valence-corrected chi connectivity index (χ2v) is 3.76. The molecule has 1 unspecified atom stereocenters. The Hall–Kier alpha value is -1.39. The van der Waals surface area contributed by atoms with Gasteiger partial charge in [-0.05, 0) is 31.2 Å². The number of carbonyl (C=O) groups is 1. The SMILES string of the molecule is CCOc1ccc(C(=O)C2COCCO2)cc1. The number of hydrogen-bond acceptors (Lipinski definition) is 4. The van der Waals surface area contributed by atoms with E-state index in [4.69, 9.17) is 14.2 Å². The molecule has 17 heavy (non-hydrogen) atoms. The first-order valence-corrected chi connectivity index (χ1v) is 5.77. The molecule has 0 radical (unpaired) electrons. The van der Waals surface area contributed by atoms with Gasteiger partial charge >= 0.3 is 0 Å². The third-order valence-electron chi connectivity index (χ3n) is 2.56. The monoisotopic (exact) mass is 236 g/mol. The van der Waals surface area contributed by atoms with Crippen LogP contribution in [0.25, 0.3) is 0 Å². The summed E-state index contributed by atoms with van der Waals surface area (Å²) >= 11 is 0. The topological polar surface area (TPSA) is 44.8 Å². The third-order valence-corrected chi connectivity index (χ3v) is 2.56. The number of hydrogen-bond donors (Lipinski definition) is 0. The minimum Gasteiger partial charge on any atom is -0.494 e. The summed E-state index contributed by atoms with van der Waals surface area (Å²) in [6, 6.07) is 7.09. The molecule has 0 N–H and O–H groups in total. The Labute approximate surface area is 100 Å². The van der Waals surface area contributed by atoms with Gasteiger partial charge in [-0.1, -0.05) is 0 Å². The summed E-state index contributed by atoms with van der Waals surface area (Å²) in [5.74, 6) is 0.734. The van der Waals surface area contributed by atoms with Gasteiger partial charge in [-0.3, -0.25) is 4.79 Å². The van der Waals surface area contributed by atoms with Gasteiger partial charge < -0.3 is 14.2 Å². The van der Waals surface area contributed by atoms with Crippen LogP contribution in [0.5, 0.6) is 5.75 Å². The van der Waals surface area contributed by atoms with Crippen molar-refractivity contribution in [3.05, 3.63) is 29.8 Å². The molecule has 4 heteroatoms. The van der Waals surface area contributed by atoms with E-state index in [2.05, 4.69) is 0 Å². The van der Waals surface area contributed by atoms with Gasteiger partial charge in [-0.25, -0.2) is 0 Å². The van der Waals surface area contributed by atoms with Crippen molar-refractivity contribution in [2.75, 3.05) is 26.4 Å². The van der Waals surface area contributed by atoms with Crippen LogP contribution in [-0.4, -0.2) is 38.3 Å². The van der Waals surface area contributed by atoms with E-state index in [0.29, 0.717) is 32.0 Å². The zero-order chi connectivity index (χ0) is 12.1. The Bertz CT molecular complexity index is 366. The molecular formula is C13H16O4. The molecule has 0 bridgehead atoms. The highest BCUT2D eigenvalue weighted by atomic mass is 16.6.